The summed E-state index contributed by atoms with van der Waals surface area (Å²) in [4.78, 5) is 34.3. The third-order valence-electron chi connectivity index (χ3n) is 6.13. The summed E-state index contributed by atoms with van der Waals surface area (Å²) >= 11 is 0. The van der Waals surface area contributed by atoms with Crippen molar-refractivity contribution < 1.29 is 9.59 Å². The SMILES string of the molecule is Cc1cccc(C(=O)NCCN2CCN(Cc3ccccc3)CC2)c1NC(=O)c1ccncc1. The zero-order valence-corrected chi connectivity index (χ0v) is 19.5. The number of rotatable bonds is 8. The zero-order chi connectivity index (χ0) is 23.8. The van der Waals surface area contributed by atoms with E-state index in [9.17, 15) is 9.59 Å². The topological polar surface area (TPSA) is 77.6 Å². The number of hydrogen-bond acceptors (Lipinski definition) is 5. The van der Waals surface area contributed by atoms with Gasteiger partial charge in [-0.3, -0.25) is 24.4 Å². The lowest BCUT2D eigenvalue weighted by molar-refractivity contribution is 0.0935. The van der Waals surface area contributed by atoms with Crippen LogP contribution in [-0.2, 0) is 6.54 Å². The molecule has 0 atom stereocenters. The average Bonchev–Trinajstić information content (AvgIpc) is 2.87. The Morgan fingerprint density at radius 2 is 1.56 bits per heavy atom. The van der Waals surface area contributed by atoms with E-state index in [1.54, 1.807) is 30.6 Å². The van der Waals surface area contributed by atoms with E-state index >= 15 is 0 Å². The summed E-state index contributed by atoms with van der Waals surface area (Å²) in [7, 11) is 0. The molecule has 1 aliphatic rings. The Balaban J connectivity index is 1.27. The molecule has 0 bridgehead atoms. The first-order valence-corrected chi connectivity index (χ1v) is 11.7. The predicted octanol–water partition coefficient (Wildman–Crippen LogP) is 3.19. The molecule has 4 rings (SSSR count). The summed E-state index contributed by atoms with van der Waals surface area (Å²) in [5.74, 6) is -0.449. The number of benzene rings is 2. The fourth-order valence-corrected chi connectivity index (χ4v) is 4.15. The van der Waals surface area contributed by atoms with Gasteiger partial charge in [0.2, 0.25) is 0 Å². The number of carbonyl (C=O) groups is 2. The highest BCUT2D eigenvalue weighted by molar-refractivity contribution is 6.09. The van der Waals surface area contributed by atoms with Crippen LogP contribution in [0.25, 0.3) is 0 Å². The van der Waals surface area contributed by atoms with Crippen molar-refractivity contribution in [3.8, 4) is 0 Å². The minimum absolute atomic E-state index is 0.184. The van der Waals surface area contributed by atoms with Gasteiger partial charge in [0.1, 0.15) is 0 Å². The van der Waals surface area contributed by atoms with E-state index in [4.69, 9.17) is 0 Å². The Bertz CT molecular complexity index is 1100. The molecule has 1 aliphatic heterocycles. The van der Waals surface area contributed by atoms with Gasteiger partial charge in [-0.2, -0.15) is 0 Å². The second-order valence-electron chi connectivity index (χ2n) is 8.55. The molecular weight excluding hydrogens is 426 g/mol. The normalized spacial score (nSPS) is 14.5. The van der Waals surface area contributed by atoms with E-state index in [1.165, 1.54) is 5.56 Å². The van der Waals surface area contributed by atoms with Crippen LogP contribution >= 0.6 is 0 Å². The number of carbonyl (C=O) groups excluding carboxylic acids is 2. The number of nitrogens with one attached hydrogen (secondary N) is 2. The van der Waals surface area contributed by atoms with Crippen molar-refractivity contribution in [2.24, 2.45) is 0 Å². The molecule has 1 saturated heterocycles. The average molecular weight is 458 g/mol. The van der Waals surface area contributed by atoms with Crippen LogP contribution in [0.15, 0.2) is 73.1 Å². The summed E-state index contributed by atoms with van der Waals surface area (Å²) < 4.78 is 0. The highest BCUT2D eigenvalue weighted by Crippen LogP contribution is 2.21. The number of nitrogens with zero attached hydrogens (tertiary/aromatic N) is 3. The van der Waals surface area contributed by atoms with Crippen LogP contribution < -0.4 is 10.6 Å². The fraction of sp³-hybridized carbons (Fsp3) is 0.296. The lowest BCUT2D eigenvalue weighted by Gasteiger charge is -2.34. The van der Waals surface area contributed by atoms with Crippen molar-refractivity contribution in [3.63, 3.8) is 0 Å². The maximum atomic E-state index is 12.9. The monoisotopic (exact) mass is 457 g/mol. The fourth-order valence-electron chi connectivity index (χ4n) is 4.15. The summed E-state index contributed by atoms with van der Waals surface area (Å²) in [6.07, 6.45) is 3.14. The molecule has 7 nitrogen and oxygen atoms in total. The molecule has 7 heteroatoms. The van der Waals surface area contributed by atoms with E-state index in [-0.39, 0.29) is 11.8 Å². The number of aromatic nitrogens is 1. The molecule has 34 heavy (non-hydrogen) atoms. The van der Waals surface area contributed by atoms with Crippen LogP contribution in [0.4, 0.5) is 5.69 Å². The largest absolute Gasteiger partial charge is 0.351 e. The minimum atomic E-state index is -0.265. The molecule has 0 saturated carbocycles. The molecule has 3 aromatic rings. The van der Waals surface area contributed by atoms with Gasteiger partial charge >= 0.3 is 0 Å². The number of piperazine rings is 1. The molecule has 0 spiro atoms. The van der Waals surface area contributed by atoms with Crippen LogP contribution in [-0.4, -0.2) is 65.9 Å². The van der Waals surface area contributed by atoms with Crippen LogP contribution in [0, 0.1) is 6.92 Å². The van der Waals surface area contributed by atoms with Crippen LogP contribution in [0.3, 0.4) is 0 Å². The van der Waals surface area contributed by atoms with Crippen molar-refractivity contribution in [2.45, 2.75) is 13.5 Å². The molecule has 1 fully saturated rings. The summed E-state index contributed by atoms with van der Waals surface area (Å²) in [5.41, 5.74) is 3.68. The maximum absolute atomic E-state index is 12.9. The number of amides is 2. The number of pyridine rings is 1. The van der Waals surface area contributed by atoms with Crippen molar-refractivity contribution in [1.29, 1.82) is 0 Å². The Labute approximate surface area is 200 Å². The van der Waals surface area contributed by atoms with Gasteiger partial charge in [0, 0.05) is 63.8 Å². The van der Waals surface area contributed by atoms with E-state index in [0.717, 1.165) is 44.8 Å². The minimum Gasteiger partial charge on any atom is -0.351 e. The summed E-state index contributed by atoms with van der Waals surface area (Å²) in [5, 5.41) is 5.92. The third-order valence-corrected chi connectivity index (χ3v) is 6.13. The van der Waals surface area contributed by atoms with Gasteiger partial charge < -0.3 is 10.6 Å². The van der Waals surface area contributed by atoms with Gasteiger partial charge in [0.05, 0.1) is 11.3 Å². The van der Waals surface area contributed by atoms with Crippen LogP contribution in [0.5, 0.6) is 0 Å². The summed E-state index contributed by atoms with van der Waals surface area (Å²) in [6.45, 7) is 8.23. The smallest absolute Gasteiger partial charge is 0.255 e. The van der Waals surface area contributed by atoms with Crippen LogP contribution in [0.2, 0.25) is 0 Å². The molecule has 176 valence electrons. The summed E-state index contributed by atoms with van der Waals surface area (Å²) in [6, 6.07) is 19.3. The molecule has 0 radical (unpaired) electrons. The Hall–Kier alpha value is -3.55. The molecular formula is C27H31N5O2. The van der Waals surface area contributed by atoms with Gasteiger partial charge in [-0.1, -0.05) is 42.5 Å². The first kappa shape index (κ1) is 23.6. The number of aryl methyl sites for hydroxylation is 1. The van der Waals surface area contributed by atoms with Crippen molar-refractivity contribution in [2.75, 3.05) is 44.6 Å². The molecule has 2 amide bonds. The lowest BCUT2D eigenvalue weighted by atomic mass is 10.1. The van der Waals surface area contributed by atoms with Gasteiger partial charge in [-0.15, -0.1) is 0 Å². The first-order chi connectivity index (χ1) is 16.6. The molecule has 0 aliphatic carbocycles. The standard InChI is InChI=1S/C27H31N5O2/c1-21-6-5-9-24(25(21)30-26(33)23-10-12-28-13-11-23)27(34)29-14-15-31-16-18-32(19-17-31)20-22-7-3-2-4-8-22/h2-13H,14-20H2,1H3,(H,29,34)(H,30,33). The van der Waals surface area contributed by atoms with E-state index in [1.807, 2.05) is 25.1 Å². The van der Waals surface area contributed by atoms with Gasteiger partial charge in [-0.25, -0.2) is 0 Å². The second kappa shape index (κ2) is 11.5. The van der Waals surface area contributed by atoms with Gasteiger partial charge in [0.25, 0.3) is 11.8 Å². The van der Waals surface area contributed by atoms with E-state index in [0.29, 0.717) is 23.4 Å². The zero-order valence-electron chi connectivity index (χ0n) is 19.5. The van der Waals surface area contributed by atoms with Gasteiger partial charge in [-0.05, 0) is 36.2 Å². The van der Waals surface area contributed by atoms with Crippen molar-refractivity contribution in [3.05, 3.63) is 95.3 Å². The van der Waals surface area contributed by atoms with Crippen LogP contribution in [0.1, 0.15) is 31.8 Å². The highest BCUT2D eigenvalue weighted by Gasteiger charge is 2.19. The van der Waals surface area contributed by atoms with E-state index < -0.39 is 0 Å². The molecule has 2 N–H and O–H groups in total. The number of hydrogen-bond donors (Lipinski definition) is 2. The molecule has 0 unspecified atom stereocenters. The van der Waals surface area contributed by atoms with Crippen molar-refractivity contribution >= 4 is 17.5 Å². The number of para-hydroxylation sites is 1. The second-order valence-corrected chi connectivity index (χ2v) is 8.55. The van der Waals surface area contributed by atoms with Crippen molar-refractivity contribution in [1.82, 2.24) is 20.1 Å². The molecule has 2 aromatic carbocycles. The maximum Gasteiger partial charge on any atom is 0.255 e. The first-order valence-electron chi connectivity index (χ1n) is 11.7. The number of anilines is 1. The quantitative estimate of drug-likeness (QED) is 0.543. The van der Waals surface area contributed by atoms with Gasteiger partial charge in [0.15, 0.2) is 0 Å². The highest BCUT2D eigenvalue weighted by atomic mass is 16.2. The predicted molar refractivity (Wildman–Crippen MR) is 134 cm³/mol. The lowest BCUT2D eigenvalue weighted by Crippen LogP contribution is -2.48. The Kier molecular flexibility index (Phi) is 8.01. The molecule has 2 heterocycles. The molecule has 1 aromatic heterocycles. The Morgan fingerprint density at radius 3 is 2.29 bits per heavy atom. The third kappa shape index (κ3) is 6.27. The Morgan fingerprint density at radius 1 is 0.853 bits per heavy atom. The van der Waals surface area contributed by atoms with E-state index in [2.05, 4.69) is 49.7 Å².